The molecule has 0 radical (unpaired) electrons. The van der Waals surface area contributed by atoms with Crippen LogP contribution in [0.1, 0.15) is 38.4 Å². The fraction of sp³-hybridized carbons (Fsp3) is 0.667. The van der Waals surface area contributed by atoms with Gasteiger partial charge in [0.1, 0.15) is 6.04 Å². The molecule has 1 heterocycles. The van der Waals surface area contributed by atoms with Crippen LogP contribution in [0.3, 0.4) is 0 Å². The standard InChI is InChI=1S/C12H19N3O4/c1-7(2)11(12(17)18)14-9(16)5-4-6-10-13-8(3)15-19-10/h7,11H,4-6H2,1-3H3,(H,14,16)(H,17,18)/t11-/m1/s1. The van der Waals surface area contributed by atoms with Crippen molar-refractivity contribution < 1.29 is 19.2 Å². The van der Waals surface area contributed by atoms with Crippen LogP contribution in [-0.2, 0) is 16.0 Å². The maximum absolute atomic E-state index is 11.6. The monoisotopic (exact) mass is 269 g/mol. The van der Waals surface area contributed by atoms with Gasteiger partial charge in [-0.05, 0) is 19.3 Å². The van der Waals surface area contributed by atoms with E-state index in [9.17, 15) is 9.59 Å². The largest absolute Gasteiger partial charge is 0.480 e. The predicted octanol–water partition coefficient (Wildman–Crippen LogP) is 0.926. The Kier molecular flexibility index (Phi) is 5.47. The van der Waals surface area contributed by atoms with Crippen LogP contribution >= 0.6 is 0 Å². The van der Waals surface area contributed by atoms with Gasteiger partial charge in [-0.25, -0.2) is 4.79 Å². The lowest BCUT2D eigenvalue weighted by atomic mass is 10.0. The van der Waals surface area contributed by atoms with E-state index in [-0.39, 0.29) is 18.2 Å². The molecule has 0 saturated heterocycles. The second kappa shape index (κ2) is 6.86. The van der Waals surface area contributed by atoms with E-state index in [2.05, 4.69) is 15.5 Å². The summed E-state index contributed by atoms with van der Waals surface area (Å²) in [4.78, 5) is 26.6. The molecule has 1 aromatic rings. The van der Waals surface area contributed by atoms with Crippen molar-refractivity contribution in [3.05, 3.63) is 11.7 Å². The SMILES string of the molecule is Cc1noc(CCCC(=O)N[C@@H](C(=O)O)C(C)C)n1. The minimum Gasteiger partial charge on any atom is -0.480 e. The quantitative estimate of drug-likeness (QED) is 0.762. The van der Waals surface area contributed by atoms with Gasteiger partial charge in [0, 0.05) is 12.8 Å². The highest BCUT2D eigenvalue weighted by atomic mass is 16.5. The van der Waals surface area contributed by atoms with Crippen LogP contribution in [0.4, 0.5) is 0 Å². The molecule has 7 nitrogen and oxygen atoms in total. The zero-order valence-corrected chi connectivity index (χ0v) is 11.3. The minimum atomic E-state index is -1.02. The van der Waals surface area contributed by atoms with Crippen molar-refractivity contribution in [1.29, 1.82) is 0 Å². The molecule has 0 unspecified atom stereocenters. The molecule has 0 aromatic carbocycles. The van der Waals surface area contributed by atoms with Crippen LogP contribution in [0.15, 0.2) is 4.52 Å². The van der Waals surface area contributed by atoms with Crippen LogP contribution in [0.5, 0.6) is 0 Å². The Morgan fingerprint density at radius 2 is 2.11 bits per heavy atom. The molecule has 19 heavy (non-hydrogen) atoms. The number of rotatable bonds is 7. The molecule has 0 spiro atoms. The molecule has 0 aliphatic carbocycles. The van der Waals surface area contributed by atoms with Gasteiger partial charge in [0.2, 0.25) is 11.8 Å². The number of carbonyl (C=O) groups excluding carboxylic acids is 1. The van der Waals surface area contributed by atoms with E-state index >= 15 is 0 Å². The third kappa shape index (κ3) is 5.07. The molecule has 1 rings (SSSR count). The van der Waals surface area contributed by atoms with Crippen LogP contribution in [0.25, 0.3) is 0 Å². The molecule has 1 atom stereocenters. The lowest BCUT2D eigenvalue weighted by Crippen LogP contribution is -2.44. The van der Waals surface area contributed by atoms with Crippen LogP contribution in [0, 0.1) is 12.8 Å². The predicted molar refractivity (Wildman–Crippen MR) is 66.4 cm³/mol. The van der Waals surface area contributed by atoms with E-state index in [0.29, 0.717) is 24.6 Å². The fourth-order valence-corrected chi connectivity index (χ4v) is 1.60. The van der Waals surface area contributed by atoms with E-state index in [1.165, 1.54) is 0 Å². The number of aliphatic carboxylic acids is 1. The minimum absolute atomic E-state index is 0.153. The average Bonchev–Trinajstić information content (AvgIpc) is 2.71. The Morgan fingerprint density at radius 3 is 2.58 bits per heavy atom. The lowest BCUT2D eigenvalue weighted by Gasteiger charge is -2.17. The van der Waals surface area contributed by atoms with Gasteiger partial charge in [0.25, 0.3) is 0 Å². The molecule has 0 fully saturated rings. The number of aromatic nitrogens is 2. The Morgan fingerprint density at radius 1 is 1.42 bits per heavy atom. The van der Waals surface area contributed by atoms with Crippen molar-refractivity contribution in [2.75, 3.05) is 0 Å². The number of nitrogens with zero attached hydrogens (tertiary/aromatic N) is 2. The van der Waals surface area contributed by atoms with Crippen LogP contribution in [0.2, 0.25) is 0 Å². The molecule has 106 valence electrons. The van der Waals surface area contributed by atoms with Crippen LogP contribution in [-0.4, -0.2) is 33.2 Å². The van der Waals surface area contributed by atoms with Gasteiger partial charge in [0.05, 0.1) is 0 Å². The van der Waals surface area contributed by atoms with Crippen LogP contribution < -0.4 is 5.32 Å². The number of hydrogen-bond acceptors (Lipinski definition) is 5. The lowest BCUT2D eigenvalue weighted by molar-refractivity contribution is -0.143. The molecule has 0 bridgehead atoms. The topological polar surface area (TPSA) is 105 Å². The number of carboxylic acid groups (broad SMARTS) is 1. The van der Waals surface area contributed by atoms with E-state index in [4.69, 9.17) is 9.63 Å². The first kappa shape index (κ1) is 15.1. The smallest absolute Gasteiger partial charge is 0.326 e. The van der Waals surface area contributed by atoms with Gasteiger partial charge in [-0.15, -0.1) is 0 Å². The third-order valence-corrected chi connectivity index (χ3v) is 2.61. The number of nitrogens with one attached hydrogen (secondary N) is 1. The number of carbonyl (C=O) groups is 2. The molecule has 2 N–H and O–H groups in total. The van der Waals surface area contributed by atoms with Crippen molar-refractivity contribution in [3.63, 3.8) is 0 Å². The summed E-state index contributed by atoms with van der Waals surface area (Å²) in [6.07, 6.45) is 1.28. The maximum atomic E-state index is 11.6. The molecule has 0 aliphatic heterocycles. The third-order valence-electron chi connectivity index (χ3n) is 2.61. The molecular weight excluding hydrogens is 250 g/mol. The van der Waals surface area contributed by atoms with Crippen molar-refractivity contribution in [1.82, 2.24) is 15.5 Å². The van der Waals surface area contributed by atoms with Crippen molar-refractivity contribution in [2.45, 2.75) is 46.1 Å². The molecular formula is C12H19N3O4. The molecule has 0 aliphatic rings. The molecule has 1 amide bonds. The zero-order valence-electron chi connectivity index (χ0n) is 11.3. The second-order valence-corrected chi connectivity index (χ2v) is 4.72. The molecule has 1 aromatic heterocycles. The highest BCUT2D eigenvalue weighted by molar-refractivity contribution is 5.83. The number of aryl methyl sites for hydroxylation is 2. The van der Waals surface area contributed by atoms with E-state index < -0.39 is 12.0 Å². The summed E-state index contributed by atoms with van der Waals surface area (Å²) in [6, 6.07) is -0.849. The summed E-state index contributed by atoms with van der Waals surface area (Å²) in [5.74, 6) is -0.401. The van der Waals surface area contributed by atoms with Gasteiger partial charge in [0.15, 0.2) is 5.82 Å². The zero-order chi connectivity index (χ0) is 14.4. The summed E-state index contributed by atoms with van der Waals surface area (Å²) in [7, 11) is 0. The first-order chi connectivity index (χ1) is 8.90. The van der Waals surface area contributed by atoms with Gasteiger partial charge in [-0.1, -0.05) is 19.0 Å². The average molecular weight is 269 g/mol. The maximum Gasteiger partial charge on any atom is 0.326 e. The highest BCUT2D eigenvalue weighted by Crippen LogP contribution is 2.05. The fourth-order valence-electron chi connectivity index (χ4n) is 1.60. The van der Waals surface area contributed by atoms with E-state index in [1.54, 1.807) is 20.8 Å². The first-order valence-corrected chi connectivity index (χ1v) is 6.21. The number of amides is 1. The van der Waals surface area contributed by atoms with Gasteiger partial charge in [-0.3, -0.25) is 4.79 Å². The normalized spacial score (nSPS) is 12.4. The molecule has 7 heteroatoms. The Balaban J connectivity index is 2.33. The Labute approximate surface area is 111 Å². The summed E-state index contributed by atoms with van der Waals surface area (Å²) in [6.45, 7) is 5.22. The van der Waals surface area contributed by atoms with Crippen molar-refractivity contribution in [2.24, 2.45) is 5.92 Å². The van der Waals surface area contributed by atoms with Gasteiger partial charge in [-0.2, -0.15) is 4.98 Å². The van der Waals surface area contributed by atoms with Gasteiger partial charge < -0.3 is 14.9 Å². The summed E-state index contributed by atoms with van der Waals surface area (Å²) in [5.41, 5.74) is 0. The van der Waals surface area contributed by atoms with Crippen molar-refractivity contribution in [3.8, 4) is 0 Å². The Hall–Kier alpha value is -1.92. The first-order valence-electron chi connectivity index (χ1n) is 6.21. The number of hydrogen-bond donors (Lipinski definition) is 2. The number of carboxylic acids is 1. The summed E-state index contributed by atoms with van der Waals surface area (Å²) >= 11 is 0. The highest BCUT2D eigenvalue weighted by Gasteiger charge is 2.23. The Bertz CT molecular complexity index is 442. The molecule has 0 saturated carbocycles. The summed E-state index contributed by atoms with van der Waals surface area (Å²) < 4.78 is 4.92. The second-order valence-electron chi connectivity index (χ2n) is 4.72. The van der Waals surface area contributed by atoms with Crippen molar-refractivity contribution >= 4 is 11.9 Å². The summed E-state index contributed by atoms with van der Waals surface area (Å²) in [5, 5.41) is 15.1. The van der Waals surface area contributed by atoms with E-state index in [0.717, 1.165) is 0 Å². The van der Waals surface area contributed by atoms with Gasteiger partial charge >= 0.3 is 5.97 Å². The van der Waals surface area contributed by atoms with E-state index in [1.807, 2.05) is 0 Å².